The highest BCUT2D eigenvalue weighted by atomic mass is 16.5. The number of carbonyl (C=O) groups excluding carboxylic acids is 1. The summed E-state index contributed by atoms with van der Waals surface area (Å²) in [5, 5.41) is 15.1. The number of aliphatic hydroxyl groups is 1. The Morgan fingerprint density at radius 3 is 1.45 bits per heavy atom. The largest absolute Gasteiger partial charge is 0.491 e. The molecule has 64 heavy (non-hydrogen) atoms. The monoisotopic (exact) mass is 878 g/mol. The van der Waals surface area contributed by atoms with Crippen LogP contribution in [-0.2, 0) is 10.3 Å². The lowest BCUT2D eigenvalue weighted by atomic mass is 9.80. The first-order valence-corrected chi connectivity index (χ1v) is 25.3. The predicted molar refractivity (Wildman–Crippen MR) is 265 cm³/mol. The van der Waals surface area contributed by atoms with Crippen molar-refractivity contribution in [2.45, 2.75) is 168 Å². The van der Waals surface area contributed by atoms with Gasteiger partial charge in [-0.1, -0.05) is 215 Å². The maximum absolute atomic E-state index is 13.4. The van der Waals surface area contributed by atoms with Gasteiger partial charge in [-0.25, -0.2) is 0 Å². The number of aryl methyl sites for hydroxylation is 1. The van der Waals surface area contributed by atoms with Crippen molar-refractivity contribution in [1.82, 2.24) is 5.32 Å². The summed E-state index contributed by atoms with van der Waals surface area (Å²) >= 11 is 0. The van der Waals surface area contributed by atoms with Crippen molar-refractivity contribution in [3.8, 4) is 17.2 Å². The summed E-state index contributed by atoms with van der Waals surface area (Å²) in [6.45, 7) is 9.27. The van der Waals surface area contributed by atoms with E-state index in [-0.39, 0.29) is 5.91 Å². The van der Waals surface area contributed by atoms with E-state index < -0.39 is 5.60 Å². The number of hydrogen-bond acceptors (Lipinski definition) is 6. The minimum Gasteiger partial charge on any atom is -0.491 e. The third-order valence-electron chi connectivity index (χ3n) is 12.2. The normalized spacial score (nSPS) is 11.4. The van der Waals surface area contributed by atoms with E-state index in [2.05, 4.69) is 19.2 Å². The van der Waals surface area contributed by atoms with Crippen molar-refractivity contribution >= 4 is 5.91 Å². The summed E-state index contributed by atoms with van der Waals surface area (Å²) in [7, 11) is 0. The van der Waals surface area contributed by atoms with Crippen LogP contribution in [0.4, 0.5) is 0 Å². The molecule has 7 heteroatoms. The molecule has 0 aromatic heterocycles. The first-order valence-electron chi connectivity index (χ1n) is 25.3. The lowest BCUT2D eigenvalue weighted by Crippen LogP contribution is -2.28. The molecule has 0 unspecified atom stereocenters. The molecule has 352 valence electrons. The Bertz CT molecular complexity index is 1740. The fourth-order valence-corrected chi connectivity index (χ4v) is 8.36. The zero-order valence-electron chi connectivity index (χ0n) is 40.0. The first kappa shape index (κ1) is 52.3. The molecule has 0 aliphatic rings. The van der Waals surface area contributed by atoms with Crippen molar-refractivity contribution in [3.05, 3.63) is 125 Å². The molecule has 4 rings (SSSR count). The Morgan fingerprint density at radius 2 is 0.953 bits per heavy atom. The van der Waals surface area contributed by atoms with Gasteiger partial charge in [0.25, 0.3) is 5.91 Å². The summed E-state index contributed by atoms with van der Waals surface area (Å²) in [5.41, 5.74) is 2.53. The number of unbranched alkanes of at least 4 members (excludes halogenated alkanes) is 20. The van der Waals surface area contributed by atoms with Gasteiger partial charge in [0, 0.05) is 12.1 Å². The van der Waals surface area contributed by atoms with Crippen LogP contribution < -0.4 is 19.5 Å². The summed E-state index contributed by atoms with van der Waals surface area (Å²) in [6, 6.07) is 30.7. The molecule has 0 atom stereocenters. The van der Waals surface area contributed by atoms with Gasteiger partial charge >= 0.3 is 0 Å². The van der Waals surface area contributed by atoms with Crippen LogP contribution in [0.1, 0.15) is 188 Å². The molecule has 0 radical (unpaired) electrons. The minimum atomic E-state index is -1.30. The summed E-state index contributed by atoms with van der Waals surface area (Å²) in [4.78, 5) is 13.4. The Kier molecular flexibility index (Phi) is 26.4. The Morgan fingerprint density at radius 1 is 0.500 bits per heavy atom. The number of rotatable bonds is 37. The summed E-state index contributed by atoms with van der Waals surface area (Å²) < 4.78 is 24.5. The van der Waals surface area contributed by atoms with E-state index >= 15 is 0 Å². The van der Waals surface area contributed by atoms with Crippen LogP contribution in [0, 0.1) is 6.92 Å². The summed E-state index contributed by atoms with van der Waals surface area (Å²) in [6.07, 6.45) is 28.4. The number of hydrogen-bond donors (Lipinski definition) is 2. The van der Waals surface area contributed by atoms with Crippen LogP contribution in [0.25, 0.3) is 0 Å². The van der Waals surface area contributed by atoms with Gasteiger partial charge in [0.05, 0.1) is 26.4 Å². The minimum absolute atomic E-state index is 0.162. The molecule has 0 heterocycles. The van der Waals surface area contributed by atoms with Crippen LogP contribution in [0.5, 0.6) is 17.2 Å². The average molecular weight is 878 g/mol. The van der Waals surface area contributed by atoms with Crippen molar-refractivity contribution in [2.24, 2.45) is 0 Å². The van der Waals surface area contributed by atoms with E-state index in [4.69, 9.17) is 18.9 Å². The molecule has 0 spiro atoms. The molecule has 0 aliphatic carbocycles. The topological polar surface area (TPSA) is 86.3 Å². The quantitative estimate of drug-likeness (QED) is 0.0347. The second-order valence-electron chi connectivity index (χ2n) is 17.6. The second-order valence-corrected chi connectivity index (χ2v) is 17.6. The van der Waals surface area contributed by atoms with E-state index in [9.17, 15) is 9.90 Å². The number of ether oxygens (including phenoxy) is 4. The van der Waals surface area contributed by atoms with Crippen LogP contribution in [0.15, 0.2) is 97.1 Å². The fourth-order valence-electron chi connectivity index (χ4n) is 8.36. The Labute approximate surface area is 388 Å². The Balaban J connectivity index is 1.19. The summed E-state index contributed by atoms with van der Waals surface area (Å²) in [5.74, 6) is 1.94. The van der Waals surface area contributed by atoms with Gasteiger partial charge in [-0.2, -0.15) is 0 Å². The maximum atomic E-state index is 13.4. The third kappa shape index (κ3) is 19.4. The number of benzene rings is 4. The molecular formula is C57H83NO6. The van der Waals surface area contributed by atoms with Gasteiger partial charge in [0.15, 0.2) is 11.5 Å². The molecule has 1 amide bonds. The number of amides is 1. The molecule has 4 aromatic rings. The van der Waals surface area contributed by atoms with E-state index in [1.807, 2.05) is 104 Å². The molecule has 0 saturated carbocycles. The van der Waals surface area contributed by atoms with Gasteiger partial charge in [-0.3, -0.25) is 4.79 Å². The first-order chi connectivity index (χ1) is 31.5. The van der Waals surface area contributed by atoms with Crippen molar-refractivity contribution in [2.75, 3.05) is 39.6 Å². The average Bonchev–Trinajstić information content (AvgIpc) is 3.32. The molecule has 7 nitrogen and oxygen atoms in total. The third-order valence-corrected chi connectivity index (χ3v) is 12.2. The molecular weight excluding hydrogens is 795 g/mol. The van der Waals surface area contributed by atoms with E-state index in [0.717, 1.165) is 47.3 Å². The molecule has 2 N–H and O–H groups in total. The van der Waals surface area contributed by atoms with Crippen molar-refractivity contribution in [1.29, 1.82) is 0 Å². The van der Waals surface area contributed by atoms with Crippen LogP contribution >= 0.6 is 0 Å². The SMILES string of the molecule is CCCCCCCCCCCCCOc1cc(C(=O)NCCOCCOc2ccc(C(O)(c3ccccc3)c3ccccc3)cc2)cc(C)c1OCCCCCCCCCCCCC. The standard InChI is InChI=1S/C57H83NO6/c1-4-6-8-10-12-14-16-18-20-22-30-41-63-54-47-49(46-48(3)55(54)64-42-31-23-21-19-17-15-13-11-9-7-5-2)56(59)58-40-43-61-44-45-62-53-38-36-52(37-39-53)57(60,50-32-26-24-27-33-50)51-34-28-25-29-35-51/h24-29,32-39,46-47,60H,4-23,30-31,40-45H2,1-3H3,(H,58,59). The van der Waals surface area contributed by atoms with E-state index in [1.165, 1.54) is 122 Å². The van der Waals surface area contributed by atoms with Gasteiger partial charge in [-0.15, -0.1) is 0 Å². The predicted octanol–water partition coefficient (Wildman–Crippen LogP) is 14.5. The highest BCUT2D eigenvalue weighted by Crippen LogP contribution is 2.37. The lowest BCUT2D eigenvalue weighted by molar-refractivity contribution is 0.0866. The molecule has 0 bridgehead atoms. The van der Waals surface area contributed by atoms with E-state index in [0.29, 0.717) is 56.6 Å². The second kappa shape index (κ2) is 32.3. The molecule has 0 fully saturated rings. The van der Waals surface area contributed by atoms with Crippen molar-refractivity contribution in [3.63, 3.8) is 0 Å². The lowest BCUT2D eigenvalue weighted by Gasteiger charge is -2.30. The number of nitrogens with one attached hydrogen (secondary N) is 1. The smallest absolute Gasteiger partial charge is 0.251 e. The van der Waals surface area contributed by atoms with Gasteiger partial charge in [-0.05, 0) is 66.3 Å². The Hall–Kier alpha value is -4.33. The van der Waals surface area contributed by atoms with Crippen LogP contribution in [0.2, 0.25) is 0 Å². The van der Waals surface area contributed by atoms with Crippen LogP contribution in [-0.4, -0.2) is 50.6 Å². The zero-order chi connectivity index (χ0) is 45.3. The highest BCUT2D eigenvalue weighted by Gasteiger charge is 2.33. The van der Waals surface area contributed by atoms with Gasteiger partial charge < -0.3 is 29.4 Å². The van der Waals surface area contributed by atoms with Crippen LogP contribution in [0.3, 0.4) is 0 Å². The molecule has 0 saturated heterocycles. The zero-order valence-corrected chi connectivity index (χ0v) is 40.0. The molecule has 4 aromatic carbocycles. The highest BCUT2D eigenvalue weighted by molar-refractivity contribution is 5.95. The molecule has 0 aliphatic heterocycles. The van der Waals surface area contributed by atoms with Crippen molar-refractivity contribution < 1.29 is 28.8 Å². The van der Waals surface area contributed by atoms with E-state index in [1.54, 1.807) is 0 Å². The van der Waals surface area contributed by atoms with Gasteiger partial charge in [0.1, 0.15) is 18.0 Å². The fraction of sp³-hybridized carbons (Fsp3) is 0.561. The maximum Gasteiger partial charge on any atom is 0.251 e. The number of carbonyl (C=O) groups is 1. The van der Waals surface area contributed by atoms with Gasteiger partial charge in [0.2, 0.25) is 0 Å².